The molecule has 7 heteroatoms. The number of aromatic nitrogens is 3. The molecule has 0 aliphatic carbocycles. The zero-order chi connectivity index (χ0) is 19.6. The quantitative estimate of drug-likeness (QED) is 0.794. The molecule has 29 heavy (non-hydrogen) atoms. The fourth-order valence-corrected chi connectivity index (χ4v) is 5.08. The predicted octanol–water partition coefficient (Wildman–Crippen LogP) is 2.12. The Kier molecular flexibility index (Phi) is 5.33. The van der Waals surface area contributed by atoms with Crippen LogP contribution < -0.4 is 0 Å². The lowest BCUT2D eigenvalue weighted by molar-refractivity contribution is 0.0264. The second kappa shape index (κ2) is 8.24. The van der Waals surface area contributed by atoms with E-state index in [0.717, 1.165) is 52.1 Å². The third-order valence-electron chi connectivity index (χ3n) is 6.66. The Labute approximate surface area is 171 Å². The SMILES string of the molecule is O=C(c1cn(C[C@@H]2CCCN2C2CCOCC2)nn1)N1CCc2ccccc2C1. The normalized spacial score (nSPS) is 23.3. The van der Waals surface area contributed by atoms with Gasteiger partial charge in [-0.05, 0) is 49.8 Å². The summed E-state index contributed by atoms with van der Waals surface area (Å²) in [5, 5.41) is 8.50. The van der Waals surface area contributed by atoms with Gasteiger partial charge in [0, 0.05) is 38.4 Å². The summed E-state index contributed by atoms with van der Waals surface area (Å²) < 4.78 is 7.39. The van der Waals surface area contributed by atoms with Crippen LogP contribution in [0.3, 0.4) is 0 Å². The number of ether oxygens (including phenoxy) is 1. The largest absolute Gasteiger partial charge is 0.381 e. The Morgan fingerprint density at radius 2 is 1.93 bits per heavy atom. The van der Waals surface area contributed by atoms with Crippen LogP contribution in [-0.2, 0) is 24.2 Å². The molecule has 0 radical (unpaired) electrons. The van der Waals surface area contributed by atoms with Gasteiger partial charge in [-0.3, -0.25) is 14.4 Å². The van der Waals surface area contributed by atoms with Gasteiger partial charge in [0.25, 0.3) is 5.91 Å². The maximum Gasteiger partial charge on any atom is 0.276 e. The summed E-state index contributed by atoms with van der Waals surface area (Å²) >= 11 is 0. The summed E-state index contributed by atoms with van der Waals surface area (Å²) in [6.07, 6.45) is 7.39. The minimum absolute atomic E-state index is 0.0153. The van der Waals surface area contributed by atoms with Crippen molar-refractivity contribution in [2.75, 3.05) is 26.3 Å². The molecule has 0 N–H and O–H groups in total. The first kappa shape index (κ1) is 18.8. The minimum atomic E-state index is -0.0153. The van der Waals surface area contributed by atoms with Crippen molar-refractivity contribution in [2.45, 2.75) is 57.3 Å². The Morgan fingerprint density at radius 3 is 2.79 bits per heavy atom. The molecule has 1 amide bonds. The number of likely N-dealkylation sites (tertiary alicyclic amines) is 1. The Hall–Kier alpha value is -2.25. The summed E-state index contributed by atoms with van der Waals surface area (Å²) in [5.41, 5.74) is 3.03. The van der Waals surface area contributed by atoms with E-state index < -0.39 is 0 Å². The lowest BCUT2D eigenvalue weighted by atomic mass is 10.00. The van der Waals surface area contributed by atoms with Gasteiger partial charge in [-0.25, -0.2) is 0 Å². The number of hydrogen-bond donors (Lipinski definition) is 0. The van der Waals surface area contributed by atoms with Gasteiger partial charge in [0.05, 0.1) is 12.7 Å². The number of amides is 1. The van der Waals surface area contributed by atoms with E-state index in [0.29, 0.717) is 24.3 Å². The van der Waals surface area contributed by atoms with Crippen LogP contribution >= 0.6 is 0 Å². The van der Waals surface area contributed by atoms with Crippen LogP contribution in [-0.4, -0.2) is 69.1 Å². The Bertz CT molecular complexity index is 860. The maximum absolute atomic E-state index is 13.0. The molecule has 5 rings (SSSR count). The van der Waals surface area contributed by atoms with E-state index in [9.17, 15) is 4.79 Å². The van der Waals surface area contributed by atoms with Gasteiger partial charge in [0.2, 0.25) is 0 Å². The van der Waals surface area contributed by atoms with E-state index in [2.05, 4.69) is 33.4 Å². The fourth-order valence-electron chi connectivity index (χ4n) is 5.08. The summed E-state index contributed by atoms with van der Waals surface area (Å²) in [4.78, 5) is 17.5. The van der Waals surface area contributed by atoms with Gasteiger partial charge in [0.1, 0.15) is 0 Å². The van der Waals surface area contributed by atoms with Crippen molar-refractivity contribution in [3.8, 4) is 0 Å². The van der Waals surface area contributed by atoms with Gasteiger partial charge in [0.15, 0.2) is 5.69 Å². The van der Waals surface area contributed by atoms with Crippen molar-refractivity contribution in [1.82, 2.24) is 24.8 Å². The van der Waals surface area contributed by atoms with Crippen molar-refractivity contribution in [3.05, 3.63) is 47.3 Å². The van der Waals surface area contributed by atoms with Crippen LogP contribution in [0.1, 0.15) is 47.3 Å². The van der Waals surface area contributed by atoms with Crippen LogP contribution in [0.4, 0.5) is 0 Å². The fraction of sp³-hybridized carbons (Fsp3) is 0.591. The molecule has 1 atom stereocenters. The van der Waals surface area contributed by atoms with E-state index in [1.165, 1.54) is 24.0 Å². The van der Waals surface area contributed by atoms with E-state index in [-0.39, 0.29) is 5.91 Å². The van der Waals surface area contributed by atoms with E-state index >= 15 is 0 Å². The Morgan fingerprint density at radius 1 is 1.10 bits per heavy atom. The topological polar surface area (TPSA) is 63.5 Å². The van der Waals surface area contributed by atoms with Crippen molar-refractivity contribution in [1.29, 1.82) is 0 Å². The lowest BCUT2D eigenvalue weighted by Gasteiger charge is -2.35. The molecule has 1 aromatic heterocycles. The van der Waals surface area contributed by atoms with Crippen LogP contribution in [0, 0.1) is 0 Å². The molecular formula is C22H29N5O2. The summed E-state index contributed by atoms with van der Waals surface area (Å²) in [6, 6.07) is 9.46. The maximum atomic E-state index is 13.0. The number of benzene rings is 1. The van der Waals surface area contributed by atoms with E-state index in [1.54, 1.807) is 0 Å². The highest BCUT2D eigenvalue weighted by molar-refractivity contribution is 5.92. The van der Waals surface area contributed by atoms with Crippen LogP contribution in [0.15, 0.2) is 30.5 Å². The smallest absolute Gasteiger partial charge is 0.276 e. The van der Waals surface area contributed by atoms with Crippen molar-refractivity contribution in [3.63, 3.8) is 0 Å². The van der Waals surface area contributed by atoms with Gasteiger partial charge < -0.3 is 9.64 Å². The molecule has 0 unspecified atom stereocenters. The molecule has 2 fully saturated rings. The second-order valence-corrected chi connectivity index (χ2v) is 8.45. The Balaban J connectivity index is 1.23. The summed E-state index contributed by atoms with van der Waals surface area (Å²) in [7, 11) is 0. The second-order valence-electron chi connectivity index (χ2n) is 8.45. The molecule has 3 aliphatic rings. The number of carbonyl (C=O) groups is 1. The van der Waals surface area contributed by atoms with Crippen LogP contribution in [0.25, 0.3) is 0 Å². The third kappa shape index (κ3) is 3.94. The predicted molar refractivity (Wildman–Crippen MR) is 108 cm³/mol. The number of rotatable bonds is 4. The monoisotopic (exact) mass is 395 g/mol. The first-order valence-corrected chi connectivity index (χ1v) is 10.9. The first-order valence-electron chi connectivity index (χ1n) is 10.9. The molecular weight excluding hydrogens is 366 g/mol. The molecule has 2 saturated heterocycles. The van der Waals surface area contributed by atoms with Gasteiger partial charge in [-0.15, -0.1) is 5.10 Å². The van der Waals surface area contributed by atoms with E-state index in [4.69, 9.17) is 4.74 Å². The molecule has 2 aromatic rings. The number of fused-ring (bicyclic) bond motifs is 1. The third-order valence-corrected chi connectivity index (χ3v) is 6.66. The molecule has 3 aliphatic heterocycles. The standard InChI is InChI=1S/C22H29N5O2/c28-22(25-11-7-17-4-1-2-5-18(17)14-25)21-16-26(24-23-21)15-20-6-3-10-27(20)19-8-12-29-13-9-19/h1-2,4-5,16,19-20H,3,6-15H2/t20-/m0/s1. The average Bonchev–Trinajstić information content (AvgIpc) is 3.43. The molecule has 0 saturated carbocycles. The lowest BCUT2D eigenvalue weighted by Crippen LogP contribution is -2.44. The highest BCUT2D eigenvalue weighted by atomic mass is 16.5. The van der Waals surface area contributed by atoms with Gasteiger partial charge in [-0.2, -0.15) is 0 Å². The summed E-state index contributed by atoms with van der Waals surface area (Å²) in [6.45, 7) is 5.10. The summed E-state index contributed by atoms with van der Waals surface area (Å²) in [5.74, 6) is -0.0153. The minimum Gasteiger partial charge on any atom is -0.381 e. The zero-order valence-corrected chi connectivity index (χ0v) is 16.9. The molecule has 4 heterocycles. The highest BCUT2D eigenvalue weighted by Crippen LogP contribution is 2.26. The van der Waals surface area contributed by atoms with Gasteiger partial charge in [-0.1, -0.05) is 29.5 Å². The van der Waals surface area contributed by atoms with E-state index in [1.807, 2.05) is 21.8 Å². The molecule has 1 aromatic carbocycles. The molecule has 0 bridgehead atoms. The number of carbonyl (C=O) groups excluding carboxylic acids is 1. The highest BCUT2D eigenvalue weighted by Gasteiger charge is 2.32. The van der Waals surface area contributed by atoms with Crippen LogP contribution in [0.2, 0.25) is 0 Å². The number of nitrogens with zero attached hydrogens (tertiary/aromatic N) is 5. The van der Waals surface area contributed by atoms with Crippen molar-refractivity contribution < 1.29 is 9.53 Å². The molecule has 0 spiro atoms. The zero-order valence-electron chi connectivity index (χ0n) is 16.9. The first-order chi connectivity index (χ1) is 14.3. The molecule has 154 valence electrons. The van der Waals surface area contributed by atoms with Crippen LogP contribution in [0.5, 0.6) is 0 Å². The number of hydrogen-bond acceptors (Lipinski definition) is 5. The van der Waals surface area contributed by atoms with Crippen molar-refractivity contribution in [2.24, 2.45) is 0 Å². The average molecular weight is 396 g/mol. The molecule has 7 nitrogen and oxygen atoms in total. The van der Waals surface area contributed by atoms with Crippen molar-refractivity contribution >= 4 is 5.91 Å². The van der Waals surface area contributed by atoms with Gasteiger partial charge >= 0.3 is 0 Å².